The van der Waals surface area contributed by atoms with E-state index in [1.54, 1.807) is 23.9 Å². The number of thioether (sulfide) groups is 1. The van der Waals surface area contributed by atoms with Crippen LogP contribution in [-0.4, -0.2) is 28.2 Å². The minimum atomic E-state index is -1.07. The van der Waals surface area contributed by atoms with Crippen molar-refractivity contribution < 1.29 is 23.5 Å². The van der Waals surface area contributed by atoms with Crippen molar-refractivity contribution in [1.29, 1.82) is 0 Å². The van der Waals surface area contributed by atoms with E-state index in [0.717, 1.165) is 28.4 Å². The molecule has 2 aromatic carbocycles. The maximum Gasteiger partial charge on any atom is 0.303 e. The van der Waals surface area contributed by atoms with Crippen LogP contribution in [0.25, 0.3) is 10.2 Å². The van der Waals surface area contributed by atoms with Crippen molar-refractivity contribution in [2.45, 2.75) is 24.3 Å². The summed E-state index contributed by atoms with van der Waals surface area (Å²) in [7, 11) is 0. The first kappa shape index (κ1) is 20.2. The molecule has 1 amide bonds. The first-order chi connectivity index (χ1) is 13.4. The predicted molar refractivity (Wildman–Crippen MR) is 106 cm³/mol. The summed E-state index contributed by atoms with van der Waals surface area (Å²) in [6.07, 6.45) is 1.46. The van der Waals surface area contributed by atoms with Crippen LogP contribution < -0.4 is 4.90 Å². The average Bonchev–Trinajstić information content (AvgIpc) is 3.07. The number of anilines is 1. The highest BCUT2D eigenvalue weighted by molar-refractivity contribution is 7.98. The molecule has 0 aliphatic rings. The van der Waals surface area contributed by atoms with Gasteiger partial charge in [0.05, 0.1) is 23.2 Å². The van der Waals surface area contributed by atoms with Crippen LogP contribution in [0.2, 0.25) is 0 Å². The van der Waals surface area contributed by atoms with Crippen LogP contribution in [0.4, 0.5) is 14.5 Å². The molecule has 9 heteroatoms. The van der Waals surface area contributed by atoms with Crippen LogP contribution in [0.3, 0.4) is 0 Å². The number of rotatable bonds is 7. The number of nitrogens with zero attached hydrogens (tertiary/aromatic N) is 2. The van der Waals surface area contributed by atoms with Gasteiger partial charge in [-0.05, 0) is 30.5 Å². The van der Waals surface area contributed by atoms with E-state index < -0.39 is 17.6 Å². The van der Waals surface area contributed by atoms with Crippen LogP contribution >= 0.6 is 23.1 Å². The molecule has 1 aromatic heterocycles. The number of aromatic nitrogens is 1. The van der Waals surface area contributed by atoms with Gasteiger partial charge in [0, 0.05) is 29.1 Å². The number of amides is 1. The van der Waals surface area contributed by atoms with Gasteiger partial charge in [0.15, 0.2) is 0 Å². The van der Waals surface area contributed by atoms with Gasteiger partial charge in [-0.25, -0.2) is 13.8 Å². The third kappa shape index (κ3) is 4.66. The lowest BCUT2D eigenvalue weighted by Crippen LogP contribution is -2.30. The number of hydrogen-bond donors (Lipinski definition) is 1. The lowest BCUT2D eigenvalue weighted by molar-refractivity contribution is -0.138. The molecule has 5 nitrogen and oxygen atoms in total. The highest BCUT2D eigenvalue weighted by atomic mass is 32.2. The fraction of sp³-hybridized carbons (Fsp3) is 0.211. The summed E-state index contributed by atoms with van der Waals surface area (Å²) < 4.78 is 27.6. The molecule has 0 unspecified atom stereocenters. The summed E-state index contributed by atoms with van der Waals surface area (Å²) in [5, 5.41) is 9.29. The molecule has 0 radical (unpaired) electrons. The van der Waals surface area contributed by atoms with Gasteiger partial charge >= 0.3 is 5.97 Å². The summed E-state index contributed by atoms with van der Waals surface area (Å²) >= 11 is 2.59. The van der Waals surface area contributed by atoms with Gasteiger partial charge in [-0.15, -0.1) is 23.1 Å². The number of thiazole rings is 1. The van der Waals surface area contributed by atoms with Gasteiger partial charge in [0.25, 0.3) is 0 Å². The zero-order chi connectivity index (χ0) is 20.3. The molecule has 0 bridgehead atoms. The Labute approximate surface area is 168 Å². The zero-order valence-electron chi connectivity index (χ0n) is 14.8. The van der Waals surface area contributed by atoms with E-state index in [1.165, 1.54) is 4.90 Å². The molecule has 146 valence electrons. The summed E-state index contributed by atoms with van der Waals surface area (Å²) in [5.74, 6) is -2.87. The van der Waals surface area contributed by atoms with Gasteiger partial charge in [0.1, 0.15) is 16.6 Å². The first-order valence-electron chi connectivity index (χ1n) is 8.28. The van der Waals surface area contributed by atoms with Crippen LogP contribution in [0.1, 0.15) is 17.8 Å². The Bertz CT molecular complexity index is 1020. The van der Waals surface area contributed by atoms with E-state index in [-0.39, 0.29) is 35.5 Å². The summed E-state index contributed by atoms with van der Waals surface area (Å²) in [6.45, 7) is 0.0392. The average molecular weight is 422 g/mol. The molecule has 3 aromatic rings. The number of fused-ring (bicyclic) bond motifs is 1. The van der Waals surface area contributed by atoms with Crippen LogP contribution in [0.5, 0.6) is 0 Å². The first-order valence-corrected chi connectivity index (χ1v) is 10.3. The fourth-order valence-corrected chi connectivity index (χ4v) is 3.99. The van der Waals surface area contributed by atoms with Gasteiger partial charge in [-0.2, -0.15) is 0 Å². The second-order valence-corrected chi connectivity index (χ2v) is 7.88. The Hall–Kier alpha value is -2.52. The normalized spacial score (nSPS) is 11.0. The van der Waals surface area contributed by atoms with Crippen LogP contribution in [0.15, 0.2) is 41.3 Å². The molecule has 1 heterocycles. The van der Waals surface area contributed by atoms with Gasteiger partial charge in [-0.1, -0.05) is 0 Å². The molecule has 0 aliphatic heterocycles. The van der Waals surface area contributed by atoms with Crippen molar-refractivity contribution in [3.63, 3.8) is 0 Å². The summed E-state index contributed by atoms with van der Waals surface area (Å²) in [4.78, 5) is 30.1. The quantitative estimate of drug-likeness (QED) is 0.559. The van der Waals surface area contributed by atoms with Crippen molar-refractivity contribution in [3.8, 4) is 0 Å². The topological polar surface area (TPSA) is 70.5 Å². The highest BCUT2D eigenvalue weighted by Crippen LogP contribution is 2.29. The van der Waals surface area contributed by atoms with E-state index in [2.05, 4.69) is 4.98 Å². The standard InChI is InChI=1S/C19H16F2N2O3S2/c1-27-13-4-2-12(3-5-13)23(17(24)6-7-18(25)26)10-16-22-15-9-11(20)8-14(21)19(15)28-16/h2-5,8-9H,6-7,10H2,1H3,(H,25,26). The van der Waals surface area contributed by atoms with E-state index in [0.29, 0.717) is 10.7 Å². The Morgan fingerprint density at radius 1 is 1.18 bits per heavy atom. The minimum Gasteiger partial charge on any atom is -0.481 e. The van der Waals surface area contributed by atoms with Crippen molar-refractivity contribution >= 4 is 50.9 Å². The van der Waals surface area contributed by atoms with Crippen molar-refractivity contribution in [3.05, 3.63) is 53.0 Å². The van der Waals surface area contributed by atoms with Gasteiger partial charge < -0.3 is 10.0 Å². The number of hydrogen-bond acceptors (Lipinski definition) is 5. The number of carbonyl (C=O) groups is 2. The second-order valence-electron chi connectivity index (χ2n) is 5.92. The van der Waals surface area contributed by atoms with Crippen molar-refractivity contribution in [2.24, 2.45) is 0 Å². The van der Waals surface area contributed by atoms with E-state index >= 15 is 0 Å². The lowest BCUT2D eigenvalue weighted by Gasteiger charge is -2.22. The predicted octanol–water partition coefficient (Wildman–Crippen LogP) is 4.69. The SMILES string of the molecule is CSc1ccc(N(Cc2nc3cc(F)cc(F)c3s2)C(=O)CCC(=O)O)cc1. The summed E-state index contributed by atoms with van der Waals surface area (Å²) in [6, 6.07) is 9.16. The molecule has 0 aliphatic carbocycles. The maximum atomic E-state index is 14.0. The Balaban J connectivity index is 1.92. The molecule has 0 saturated heterocycles. The molecule has 1 N–H and O–H groups in total. The van der Waals surface area contributed by atoms with E-state index in [9.17, 15) is 18.4 Å². The third-order valence-corrected chi connectivity index (χ3v) is 5.79. The monoisotopic (exact) mass is 422 g/mol. The fourth-order valence-electron chi connectivity index (χ4n) is 2.64. The Morgan fingerprint density at radius 3 is 2.54 bits per heavy atom. The Kier molecular flexibility index (Phi) is 6.25. The van der Waals surface area contributed by atoms with Crippen LogP contribution in [-0.2, 0) is 16.1 Å². The lowest BCUT2D eigenvalue weighted by atomic mass is 10.2. The smallest absolute Gasteiger partial charge is 0.303 e. The molecule has 0 saturated carbocycles. The number of carboxylic acids is 1. The maximum absolute atomic E-state index is 14.0. The van der Waals surface area contributed by atoms with Gasteiger partial charge in [-0.3, -0.25) is 9.59 Å². The molecule has 0 spiro atoms. The second kappa shape index (κ2) is 8.66. The number of aliphatic carboxylic acids is 1. The zero-order valence-corrected chi connectivity index (χ0v) is 16.4. The molecular weight excluding hydrogens is 406 g/mol. The van der Waals surface area contributed by atoms with E-state index in [1.807, 2.05) is 18.4 Å². The molecule has 28 heavy (non-hydrogen) atoms. The van der Waals surface area contributed by atoms with E-state index in [4.69, 9.17) is 5.11 Å². The molecule has 0 atom stereocenters. The molecule has 3 rings (SSSR count). The van der Waals surface area contributed by atoms with Crippen LogP contribution in [0, 0.1) is 11.6 Å². The number of carboxylic acid groups (broad SMARTS) is 1. The largest absolute Gasteiger partial charge is 0.481 e. The third-order valence-electron chi connectivity index (χ3n) is 3.99. The highest BCUT2D eigenvalue weighted by Gasteiger charge is 2.20. The number of benzene rings is 2. The Morgan fingerprint density at radius 2 is 1.89 bits per heavy atom. The molecular formula is C19H16F2N2O3S2. The summed E-state index contributed by atoms with van der Waals surface area (Å²) in [5.41, 5.74) is 0.771. The molecule has 0 fully saturated rings. The van der Waals surface area contributed by atoms with Crippen molar-refractivity contribution in [1.82, 2.24) is 4.98 Å². The van der Waals surface area contributed by atoms with Crippen molar-refractivity contribution in [2.75, 3.05) is 11.2 Å². The number of halogens is 2. The number of carbonyl (C=O) groups excluding carboxylic acids is 1. The van der Waals surface area contributed by atoms with Gasteiger partial charge in [0.2, 0.25) is 5.91 Å². The minimum absolute atomic E-state index is 0.0392.